The predicted octanol–water partition coefficient (Wildman–Crippen LogP) is 2.32. The molecule has 0 aromatic heterocycles. The van der Waals surface area contributed by atoms with Gasteiger partial charge in [0.25, 0.3) is 5.91 Å². The minimum absolute atomic E-state index is 0.158. The first-order valence-electron chi connectivity index (χ1n) is 12.3. The van der Waals surface area contributed by atoms with Gasteiger partial charge in [-0.05, 0) is 49.3 Å². The Hall–Kier alpha value is -2.12. The van der Waals surface area contributed by atoms with Crippen molar-refractivity contribution < 1.29 is 9.53 Å². The van der Waals surface area contributed by atoms with E-state index in [1.54, 1.807) is 0 Å². The van der Waals surface area contributed by atoms with Crippen LogP contribution in [0.3, 0.4) is 0 Å². The fourth-order valence-corrected chi connectivity index (χ4v) is 5.18. The number of hydrogen-bond donors (Lipinski definition) is 1. The predicted molar refractivity (Wildman–Crippen MR) is 127 cm³/mol. The fourth-order valence-electron chi connectivity index (χ4n) is 5.18. The number of rotatable bonds is 5. The number of carbonyl (C=O) groups is 1. The number of ether oxygens (including phenoxy) is 1. The molecule has 3 aliphatic rings. The number of piperidine rings is 1. The highest BCUT2D eigenvalue weighted by molar-refractivity contribution is 5.82. The average molecular weight is 442 g/mol. The third-order valence-electron chi connectivity index (χ3n) is 7.00. The number of likely N-dealkylation sites (tertiary alicyclic amines) is 1. The maximum absolute atomic E-state index is 12.6. The van der Waals surface area contributed by atoms with Crippen molar-refractivity contribution in [3.63, 3.8) is 0 Å². The monoisotopic (exact) mass is 441 g/mol. The third-order valence-corrected chi connectivity index (χ3v) is 7.00. The smallest absolute Gasteiger partial charge is 0.251 e. The summed E-state index contributed by atoms with van der Waals surface area (Å²) in [6.45, 7) is 10.3. The van der Waals surface area contributed by atoms with E-state index >= 15 is 0 Å². The Labute approximate surface area is 192 Å². The van der Waals surface area contributed by atoms with Crippen LogP contribution in [0.15, 0.2) is 29.3 Å². The van der Waals surface area contributed by atoms with Gasteiger partial charge in [-0.1, -0.05) is 31.2 Å². The molecule has 0 aliphatic carbocycles. The molecule has 0 bridgehead atoms. The number of nitrogens with one attached hydrogen (secondary N) is 1. The zero-order chi connectivity index (χ0) is 22.3. The molecule has 3 aliphatic heterocycles. The highest BCUT2D eigenvalue weighted by Crippen LogP contribution is 2.20. The molecule has 2 atom stereocenters. The number of hydrogen-bond acceptors (Lipinski definition) is 4. The van der Waals surface area contributed by atoms with Crippen LogP contribution in [-0.2, 0) is 22.6 Å². The number of benzene rings is 1. The average Bonchev–Trinajstić information content (AvgIpc) is 3.35. The van der Waals surface area contributed by atoms with Crippen LogP contribution in [0.25, 0.3) is 0 Å². The summed E-state index contributed by atoms with van der Waals surface area (Å²) in [4.78, 5) is 23.9. The summed E-state index contributed by atoms with van der Waals surface area (Å²) in [5, 5.41) is 3.57. The molecule has 0 saturated carbocycles. The van der Waals surface area contributed by atoms with Gasteiger partial charge in [0.15, 0.2) is 5.96 Å². The van der Waals surface area contributed by atoms with Crippen molar-refractivity contribution in [3.8, 4) is 0 Å². The summed E-state index contributed by atoms with van der Waals surface area (Å²) in [5.41, 5.74) is 2.73. The van der Waals surface area contributed by atoms with Crippen LogP contribution in [0.5, 0.6) is 0 Å². The molecule has 3 saturated heterocycles. The first-order valence-corrected chi connectivity index (χ1v) is 12.3. The molecule has 7 nitrogen and oxygen atoms in total. The van der Waals surface area contributed by atoms with E-state index in [0.717, 1.165) is 64.0 Å². The maximum atomic E-state index is 12.6. The van der Waals surface area contributed by atoms with Gasteiger partial charge in [-0.15, -0.1) is 0 Å². The molecule has 2 unspecified atom stereocenters. The lowest BCUT2D eigenvalue weighted by atomic mass is 9.99. The van der Waals surface area contributed by atoms with Crippen molar-refractivity contribution in [2.24, 2.45) is 10.9 Å². The highest BCUT2D eigenvalue weighted by atomic mass is 16.5. The molecular weight excluding hydrogens is 402 g/mol. The van der Waals surface area contributed by atoms with Gasteiger partial charge < -0.3 is 19.9 Å². The van der Waals surface area contributed by atoms with Crippen LogP contribution in [0.1, 0.15) is 43.7 Å². The molecule has 1 aromatic rings. The van der Waals surface area contributed by atoms with Crippen molar-refractivity contribution in [1.29, 1.82) is 0 Å². The molecule has 1 aromatic carbocycles. The molecule has 3 fully saturated rings. The van der Waals surface area contributed by atoms with Crippen molar-refractivity contribution in [3.05, 3.63) is 35.4 Å². The second-order valence-electron chi connectivity index (χ2n) is 9.47. The normalized spacial score (nSPS) is 25.2. The van der Waals surface area contributed by atoms with Gasteiger partial charge in [-0.2, -0.15) is 0 Å². The van der Waals surface area contributed by atoms with E-state index in [4.69, 9.17) is 4.74 Å². The third kappa shape index (κ3) is 5.81. The lowest BCUT2D eigenvalue weighted by Gasteiger charge is -2.37. The van der Waals surface area contributed by atoms with E-state index in [0.29, 0.717) is 6.61 Å². The van der Waals surface area contributed by atoms with E-state index in [2.05, 4.69) is 51.3 Å². The summed E-state index contributed by atoms with van der Waals surface area (Å²) >= 11 is 0. The molecule has 0 spiro atoms. The van der Waals surface area contributed by atoms with Crippen molar-refractivity contribution >= 4 is 11.9 Å². The highest BCUT2D eigenvalue weighted by Gasteiger charge is 2.31. The second kappa shape index (κ2) is 11.1. The Kier molecular flexibility index (Phi) is 8.03. The SMILES string of the molecule is CN=C(NCc1ccccc1CN1CCCC(C)C1)N1CCN(C(=O)C2CCCO2)CC1. The van der Waals surface area contributed by atoms with Gasteiger partial charge in [0.05, 0.1) is 0 Å². The number of guanidine groups is 1. The summed E-state index contributed by atoms with van der Waals surface area (Å²) in [6.07, 6.45) is 4.28. The van der Waals surface area contributed by atoms with Crippen LogP contribution in [0.4, 0.5) is 0 Å². The van der Waals surface area contributed by atoms with E-state index in [-0.39, 0.29) is 12.0 Å². The minimum Gasteiger partial charge on any atom is -0.368 e. The van der Waals surface area contributed by atoms with Crippen LogP contribution >= 0.6 is 0 Å². The summed E-state index contributed by atoms with van der Waals surface area (Å²) in [5.74, 6) is 1.86. The lowest BCUT2D eigenvalue weighted by Crippen LogP contribution is -2.55. The standard InChI is InChI=1S/C25H39N5O2/c1-20-7-5-11-28(18-20)19-22-9-4-3-8-21(22)17-27-25(26-2)30-14-12-29(13-15-30)24(31)23-10-6-16-32-23/h3-4,8-9,20,23H,5-7,10-19H2,1-2H3,(H,26,27). The molecule has 1 amide bonds. The molecule has 4 rings (SSSR count). The van der Waals surface area contributed by atoms with Crippen molar-refractivity contribution in [2.75, 3.05) is 52.9 Å². The molecule has 176 valence electrons. The van der Waals surface area contributed by atoms with E-state index in [1.165, 1.54) is 37.1 Å². The van der Waals surface area contributed by atoms with Crippen LogP contribution in [0, 0.1) is 5.92 Å². The van der Waals surface area contributed by atoms with E-state index < -0.39 is 0 Å². The van der Waals surface area contributed by atoms with Crippen LogP contribution < -0.4 is 5.32 Å². The fraction of sp³-hybridized carbons (Fsp3) is 0.680. The molecule has 7 heteroatoms. The first-order chi connectivity index (χ1) is 15.6. The van der Waals surface area contributed by atoms with Crippen LogP contribution in [0.2, 0.25) is 0 Å². The molecular formula is C25H39N5O2. The van der Waals surface area contributed by atoms with Gasteiger partial charge in [-0.25, -0.2) is 0 Å². The van der Waals surface area contributed by atoms with Gasteiger partial charge in [-0.3, -0.25) is 14.7 Å². The Morgan fingerprint density at radius 1 is 1.06 bits per heavy atom. The van der Waals surface area contributed by atoms with Gasteiger partial charge in [0, 0.05) is 59.5 Å². The van der Waals surface area contributed by atoms with Crippen LogP contribution in [-0.4, -0.2) is 85.6 Å². The largest absolute Gasteiger partial charge is 0.368 e. The number of piperazine rings is 1. The van der Waals surface area contributed by atoms with Crippen molar-refractivity contribution in [1.82, 2.24) is 20.0 Å². The Bertz CT molecular complexity index is 784. The Morgan fingerprint density at radius 3 is 2.50 bits per heavy atom. The lowest BCUT2D eigenvalue weighted by molar-refractivity contribution is -0.142. The first kappa shape index (κ1) is 23.1. The summed E-state index contributed by atoms with van der Waals surface area (Å²) in [6, 6.07) is 8.75. The number of carbonyl (C=O) groups excluding carboxylic acids is 1. The van der Waals surface area contributed by atoms with Crippen molar-refractivity contribution in [2.45, 2.75) is 51.8 Å². The molecule has 1 N–H and O–H groups in total. The Morgan fingerprint density at radius 2 is 1.81 bits per heavy atom. The van der Waals surface area contributed by atoms with Gasteiger partial charge in [0.1, 0.15) is 6.10 Å². The van der Waals surface area contributed by atoms with E-state index in [1.807, 2.05) is 11.9 Å². The number of aliphatic imine (C=N–C) groups is 1. The number of nitrogens with zero attached hydrogens (tertiary/aromatic N) is 4. The number of amides is 1. The molecule has 0 radical (unpaired) electrons. The van der Waals surface area contributed by atoms with Gasteiger partial charge >= 0.3 is 0 Å². The summed E-state index contributed by atoms with van der Waals surface area (Å²) < 4.78 is 5.58. The Balaban J connectivity index is 1.29. The minimum atomic E-state index is -0.224. The zero-order valence-electron chi connectivity index (χ0n) is 19.8. The summed E-state index contributed by atoms with van der Waals surface area (Å²) in [7, 11) is 1.84. The maximum Gasteiger partial charge on any atom is 0.251 e. The topological polar surface area (TPSA) is 60.4 Å². The van der Waals surface area contributed by atoms with E-state index in [9.17, 15) is 4.79 Å². The molecule has 3 heterocycles. The second-order valence-corrected chi connectivity index (χ2v) is 9.47. The van der Waals surface area contributed by atoms with Gasteiger partial charge in [0.2, 0.25) is 0 Å². The zero-order valence-corrected chi connectivity index (χ0v) is 19.8. The molecule has 32 heavy (non-hydrogen) atoms. The quantitative estimate of drug-likeness (QED) is 0.561.